The van der Waals surface area contributed by atoms with Gasteiger partial charge in [0.2, 0.25) is 5.91 Å². The molecule has 0 rings (SSSR count). The molecule has 0 bridgehead atoms. The smallest absolute Gasteiger partial charge is 0.217 e. The molecule has 0 aromatic carbocycles. The maximum Gasteiger partial charge on any atom is 0.217 e. The number of hydrogen-bond acceptors (Lipinski definition) is 3. The molecular weight excluding hydrogens is 142 g/mol. The summed E-state index contributed by atoms with van der Waals surface area (Å²) in [6, 6.07) is 0. The van der Waals surface area contributed by atoms with Gasteiger partial charge in [-0.2, -0.15) is 25.3 Å². The Morgan fingerprint density at radius 2 is 2.38 bits per heavy atom. The molecule has 0 saturated carbocycles. The number of amides is 1. The van der Waals surface area contributed by atoms with Gasteiger partial charge < -0.3 is 5.32 Å². The van der Waals surface area contributed by atoms with Gasteiger partial charge >= 0.3 is 0 Å². The number of rotatable bonds is 2. The van der Waals surface area contributed by atoms with Gasteiger partial charge in [-0.1, -0.05) is 0 Å². The highest BCUT2D eigenvalue weighted by atomic mass is 32.1. The molecule has 0 saturated heterocycles. The quantitative estimate of drug-likeness (QED) is 0.385. The lowest BCUT2D eigenvalue weighted by Gasteiger charge is -2.05. The van der Waals surface area contributed by atoms with Crippen LogP contribution >= 0.6 is 25.3 Å². The second-order valence-electron chi connectivity index (χ2n) is 1.40. The predicted molar refractivity (Wildman–Crippen MR) is 40.4 cm³/mol. The first-order valence-electron chi connectivity index (χ1n) is 2.23. The first-order valence-corrected chi connectivity index (χ1v) is 3.37. The summed E-state index contributed by atoms with van der Waals surface area (Å²) in [6.07, 6.45) is 0. The van der Waals surface area contributed by atoms with Crippen LogP contribution in [0.5, 0.6) is 0 Å². The Morgan fingerprint density at radius 1 is 1.88 bits per heavy atom. The Hall–Kier alpha value is 0.170. The predicted octanol–water partition coefficient (Wildman–Crippen LogP) is 0.308. The molecule has 0 aliphatic carbocycles. The first kappa shape index (κ1) is 8.17. The van der Waals surface area contributed by atoms with Gasteiger partial charge in [-0.05, 0) is 0 Å². The highest BCUT2D eigenvalue weighted by molar-refractivity contribution is 7.84. The highest BCUT2D eigenvalue weighted by Crippen LogP contribution is 1.90. The number of thiol groups is 2. The molecule has 0 aromatic heterocycles. The molecule has 1 amide bonds. The van der Waals surface area contributed by atoms with Crippen LogP contribution in [0.1, 0.15) is 6.92 Å². The lowest BCUT2D eigenvalue weighted by atomic mass is 10.6. The van der Waals surface area contributed by atoms with Crippen molar-refractivity contribution in [3.8, 4) is 0 Å². The molecule has 1 atom stereocenters. The Balaban J connectivity index is 3.24. The first-order chi connectivity index (χ1) is 3.66. The maximum absolute atomic E-state index is 10.2. The van der Waals surface area contributed by atoms with Gasteiger partial charge in [0.1, 0.15) is 0 Å². The van der Waals surface area contributed by atoms with Gasteiger partial charge in [0, 0.05) is 12.7 Å². The second-order valence-corrected chi connectivity index (χ2v) is 2.39. The minimum absolute atomic E-state index is 0.0703. The van der Waals surface area contributed by atoms with E-state index in [4.69, 9.17) is 0 Å². The van der Waals surface area contributed by atoms with Crippen LogP contribution in [0.15, 0.2) is 0 Å². The Bertz CT molecular complexity index is 86.1. The zero-order chi connectivity index (χ0) is 6.57. The van der Waals surface area contributed by atoms with E-state index in [9.17, 15) is 4.79 Å². The van der Waals surface area contributed by atoms with Crippen LogP contribution in [-0.2, 0) is 4.79 Å². The van der Waals surface area contributed by atoms with Crippen molar-refractivity contribution in [3.63, 3.8) is 0 Å². The van der Waals surface area contributed by atoms with Crippen molar-refractivity contribution in [1.82, 2.24) is 5.32 Å². The molecule has 0 aliphatic rings. The standard InChI is InChI=1S/C4H9NOS2/c1-3(6)5-4(8)2-7/h4,7-8H,2H2,1H3,(H,5,6). The van der Waals surface area contributed by atoms with Crippen LogP contribution in [0.2, 0.25) is 0 Å². The fourth-order valence-corrected chi connectivity index (χ4v) is 0.553. The zero-order valence-electron chi connectivity index (χ0n) is 4.59. The van der Waals surface area contributed by atoms with Gasteiger partial charge in [-0.3, -0.25) is 4.79 Å². The fourth-order valence-electron chi connectivity index (χ4n) is 0.280. The van der Waals surface area contributed by atoms with Gasteiger partial charge in [0.05, 0.1) is 5.37 Å². The summed E-state index contributed by atoms with van der Waals surface area (Å²) in [5.74, 6) is 0.488. The molecule has 4 heteroatoms. The molecule has 1 unspecified atom stereocenters. The Kier molecular flexibility index (Phi) is 4.18. The summed E-state index contributed by atoms with van der Waals surface area (Å²) in [7, 11) is 0. The van der Waals surface area contributed by atoms with Crippen molar-refractivity contribution in [3.05, 3.63) is 0 Å². The largest absolute Gasteiger partial charge is 0.344 e. The Morgan fingerprint density at radius 3 is 2.50 bits per heavy atom. The van der Waals surface area contributed by atoms with Crippen LogP contribution in [0.4, 0.5) is 0 Å². The van der Waals surface area contributed by atoms with E-state index < -0.39 is 0 Å². The summed E-state index contributed by atoms with van der Waals surface area (Å²) in [6.45, 7) is 1.45. The number of carbonyl (C=O) groups is 1. The third kappa shape index (κ3) is 4.33. The van der Waals surface area contributed by atoms with E-state index in [0.29, 0.717) is 5.75 Å². The van der Waals surface area contributed by atoms with E-state index >= 15 is 0 Å². The average Bonchev–Trinajstić information content (AvgIpc) is 1.65. The molecule has 0 spiro atoms. The minimum atomic E-state index is -0.115. The second kappa shape index (κ2) is 4.09. The summed E-state index contributed by atoms with van der Waals surface area (Å²) in [5, 5.41) is 2.43. The van der Waals surface area contributed by atoms with Crippen molar-refractivity contribution in [1.29, 1.82) is 0 Å². The summed E-state index contributed by atoms with van der Waals surface area (Å²) in [5.41, 5.74) is 0. The lowest BCUT2D eigenvalue weighted by molar-refractivity contribution is -0.119. The van der Waals surface area contributed by atoms with Crippen LogP contribution < -0.4 is 5.32 Å². The van der Waals surface area contributed by atoms with Crippen molar-refractivity contribution < 1.29 is 4.79 Å². The molecule has 0 radical (unpaired) electrons. The topological polar surface area (TPSA) is 29.1 Å². The maximum atomic E-state index is 10.2. The molecule has 1 N–H and O–H groups in total. The van der Waals surface area contributed by atoms with Crippen molar-refractivity contribution in [2.75, 3.05) is 5.75 Å². The minimum Gasteiger partial charge on any atom is -0.344 e. The average molecular weight is 151 g/mol. The van der Waals surface area contributed by atoms with Crippen LogP contribution in [0, 0.1) is 0 Å². The molecule has 0 heterocycles. The van der Waals surface area contributed by atoms with Crippen molar-refractivity contribution >= 4 is 31.2 Å². The molecule has 0 aliphatic heterocycles. The monoisotopic (exact) mass is 151 g/mol. The van der Waals surface area contributed by atoms with Crippen LogP contribution in [0.3, 0.4) is 0 Å². The summed E-state index contributed by atoms with van der Waals surface area (Å²) < 4.78 is 0. The number of hydrogen-bond donors (Lipinski definition) is 3. The highest BCUT2D eigenvalue weighted by Gasteiger charge is 1.98. The molecular formula is C4H9NOS2. The zero-order valence-corrected chi connectivity index (χ0v) is 6.38. The van der Waals surface area contributed by atoms with Crippen molar-refractivity contribution in [2.45, 2.75) is 12.3 Å². The molecule has 0 aromatic rings. The van der Waals surface area contributed by atoms with Crippen LogP contribution in [-0.4, -0.2) is 17.0 Å². The lowest BCUT2D eigenvalue weighted by Crippen LogP contribution is -2.29. The fraction of sp³-hybridized carbons (Fsp3) is 0.750. The normalized spacial score (nSPS) is 12.9. The molecule has 0 fully saturated rings. The van der Waals surface area contributed by atoms with E-state index in [1.54, 1.807) is 0 Å². The van der Waals surface area contributed by atoms with E-state index in [1.165, 1.54) is 6.92 Å². The van der Waals surface area contributed by atoms with Gasteiger partial charge in [0.25, 0.3) is 0 Å². The van der Waals surface area contributed by atoms with E-state index in [2.05, 4.69) is 30.6 Å². The van der Waals surface area contributed by atoms with Crippen molar-refractivity contribution in [2.24, 2.45) is 0 Å². The molecule has 48 valence electrons. The van der Waals surface area contributed by atoms with Gasteiger partial charge in [-0.25, -0.2) is 0 Å². The van der Waals surface area contributed by atoms with E-state index in [-0.39, 0.29) is 11.3 Å². The van der Waals surface area contributed by atoms with Gasteiger partial charge in [-0.15, -0.1) is 0 Å². The SMILES string of the molecule is CC(=O)NC(S)CS. The van der Waals surface area contributed by atoms with Crippen LogP contribution in [0.25, 0.3) is 0 Å². The van der Waals surface area contributed by atoms with E-state index in [1.807, 2.05) is 0 Å². The summed E-state index contributed by atoms with van der Waals surface area (Å²) >= 11 is 7.86. The number of nitrogens with one attached hydrogen (secondary N) is 1. The molecule has 8 heavy (non-hydrogen) atoms. The Labute approximate surface area is 59.9 Å². The third-order valence-corrected chi connectivity index (χ3v) is 1.51. The molecule has 2 nitrogen and oxygen atoms in total. The van der Waals surface area contributed by atoms with Gasteiger partial charge in [0.15, 0.2) is 0 Å². The van der Waals surface area contributed by atoms with E-state index in [0.717, 1.165) is 0 Å². The third-order valence-electron chi connectivity index (χ3n) is 0.543. The number of carbonyl (C=O) groups excluding carboxylic acids is 1. The summed E-state index contributed by atoms with van der Waals surface area (Å²) in [4.78, 5) is 10.2.